The lowest BCUT2D eigenvalue weighted by Crippen LogP contribution is -2.08. The summed E-state index contributed by atoms with van der Waals surface area (Å²) in [6.07, 6.45) is 1.85. The zero-order valence-corrected chi connectivity index (χ0v) is 8.57. The molecule has 5 heteroatoms. The van der Waals surface area contributed by atoms with E-state index in [1.165, 1.54) is 11.8 Å². The van der Waals surface area contributed by atoms with Crippen LogP contribution in [0.25, 0.3) is 0 Å². The second-order valence-electron chi connectivity index (χ2n) is 1.55. The number of nitrogens with zero attached hydrogens (tertiary/aromatic N) is 1. The molecule has 0 unspecified atom stereocenters. The minimum atomic E-state index is -0.0525. The van der Waals surface area contributed by atoms with E-state index in [0.29, 0.717) is 16.3 Å². The van der Waals surface area contributed by atoms with Gasteiger partial charge in [0.25, 0.3) is 0 Å². The molecule has 0 spiro atoms. The molecule has 0 radical (unpaired) electrons. The van der Waals surface area contributed by atoms with E-state index in [0.717, 1.165) is 0 Å². The molecule has 1 nitrogen and oxygen atoms in total. The summed E-state index contributed by atoms with van der Waals surface area (Å²) in [5, 5.41) is 0. The molecule has 0 heterocycles. The van der Waals surface area contributed by atoms with Gasteiger partial charge in [0.1, 0.15) is 0 Å². The molecule has 0 aliphatic rings. The monoisotopic (exact) mass is 219 g/mol. The topological polar surface area (TPSA) is 12.4 Å². The van der Waals surface area contributed by atoms with Gasteiger partial charge in [-0.15, -0.1) is 23.2 Å². The SMILES string of the molecule is CSC(Cl)=NC(CCl)CCl. The molecule has 0 atom stereocenters. The van der Waals surface area contributed by atoms with Gasteiger partial charge in [0.2, 0.25) is 0 Å². The Morgan fingerprint density at radius 2 is 2.00 bits per heavy atom. The normalized spacial score (nSPS) is 12.7. The van der Waals surface area contributed by atoms with Crippen molar-refractivity contribution in [3.8, 4) is 0 Å². The summed E-state index contributed by atoms with van der Waals surface area (Å²) in [5.74, 6) is 0.834. The molecule has 0 saturated carbocycles. The van der Waals surface area contributed by atoms with Crippen LogP contribution in [-0.4, -0.2) is 28.6 Å². The second-order valence-corrected chi connectivity index (χ2v) is 3.54. The average molecular weight is 221 g/mol. The van der Waals surface area contributed by atoms with Crippen LogP contribution in [0.15, 0.2) is 4.99 Å². The van der Waals surface area contributed by atoms with E-state index in [2.05, 4.69) is 4.99 Å². The van der Waals surface area contributed by atoms with Crippen molar-refractivity contribution in [1.82, 2.24) is 0 Å². The van der Waals surface area contributed by atoms with Crippen LogP contribution in [0.5, 0.6) is 0 Å². The highest BCUT2D eigenvalue weighted by Gasteiger charge is 2.03. The first-order chi connectivity index (χ1) is 4.74. The molecule has 0 saturated heterocycles. The first kappa shape index (κ1) is 10.9. The Kier molecular flexibility index (Phi) is 7.18. The lowest BCUT2D eigenvalue weighted by molar-refractivity contribution is 0.858. The third-order valence-corrected chi connectivity index (χ3v) is 2.52. The first-order valence-electron chi connectivity index (χ1n) is 2.63. The van der Waals surface area contributed by atoms with Gasteiger partial charge >= 0.3 is 0 Å². The summed E-state index contributed by atoms with van der Waals surface area (Å²) in [7, 11) is 0. The highest BCUT2D eigenvalue weighted by molar-refractivity contribution is 8.16. The van der Waals surface area contributed by atoms with Gasteiger partial charge in [0.05, 0.1) is 6.04 Å². The fraction of sp³-hybridized carbons (Fsp3) is 0.800. The van der Waals surface area contributed by atoms with Crippen LogP contribution in [-0.2, 0) is 0 Å². The fourth-order valence-corrected chi connectivity index (χ4v) is 1.17. The van der Waals surface area contributed by atoms with Crippen LogP contribution >= 0.6 is 46.6 Å². The van der Waals surface area contributed by atoms with Crippen molar-refractivity contribution in [3.63, 3.8) is 0 Å². The van der Waals surface area contributed by atoms with Gasteiger partial charge in [-0.2, -0.15) is 0 Å². The Morgan fingerprint density at radius 3 is 2.30 bits per heavy atom. The van der Waals surface area contributed by atoms with Gasteiger partial charge in [0.15, 0.2) is 4.50 Å². The van der Waals surface area contributed by atoms with Crippen LogP contribution in [0.3, 0.4) is 0 Å². The van der Waals surface area contributed by atoms with Crippen molar-refractivity contribution in [2.45, 2.75) is 6.04 Å². The summed E-state index contributed by atoms with van der Waals surface area (Å²) in [6, 6.07) is -0.0525. The molecule has 0 aromatic carbocycles. The quantitative estimate of drug-likeness (QED) is 0.405. The number of thioether (sulfide) groups is 1. The minimum Gasteiger partial charge on any atom is -0.261 e. The Hall–Kier alpha value is 0.890. The van der Waals surface area contributed by atoms with Crippen LogP contribution in [0, 0.1) is 0 Å². The third-order valence-electron chi connectivity index (χ3n) is 0.809. The zero-order valence-electron chi connectivity index (χ0n) is 5.48. The largest absolute Gasteiger partial charge is 0.261 e. The maximum Gasteiger partial charge on any atom is 0.158 e. The highest BCUT2D eigenvalue weighted by Crippen LogP contribution is 2.07. The number of alkyl halides is 2. The molecule has 0 aromatic rings. The van der Waals surface area contributed by atoms with Crippen molar-refractivity contribution in [2.24, 2.45) is 4.99 Å². The van der Waals surface area contributed by atoms with E-state index in [-0.39, 0.29) is 6.04 Å². The molecule has 0 aliphatic carbocycles. The predicted molar refractivity (Wildman–Crippen MR) is 52.0 cm³/mol. The Bertz CT molecular complexity index is 113. The van der Waals surface area contributed by atoms with Crippen LogP contribution in [0.2, 0.25) is 0 Å². The van der Waals surface area contributed by atoms with Gasteiger partial charge in [-0.25, -0.2) is 0 Å². The van der Waals surface area contributed by atoms with E-state index in [1.54, 1.807) is 0 Å². The number of aliphatic imine (C=N–C) groups is 1. The van der Waals surface area contributed by atoms with E-state index in [4.69, 9.17) is 34.8 Å². The zero-order chi connectivity index (χ0) is 7.98. The minimum absolute atomic E-state index is 0.0525. The van der Waals surface area contributed by atoms with Gasteiger partial charge in [-0.05, 0) is 6.26 Å². The molecule has 60 valence electrons. The van der Waals surface area contributed by atoms with E-state index < -0.39 is 0 Å². The maximum absolute atomic E-state index is 5.61. The van der Waals surface area contributed by atoms with Crippen LogP contribution in [0.1, 0.15) is 0 Å². The number of rotatable bonds is 3. The smallest absolute Gasteiger partial charge is 0.158 e. The Labute approximate surface area is 80.1 Å². The third kappa shape index (κ3) is 4.67. The summed E-state index contributed by atoms with van der Waals surface area (Å²) in [4.78, 5) is 4.01. The summed E-state index contributed by atoms with van der Waals surface area (Å²) >= 11 is 18.0. The molecular formula is C5H8Cl3NS. The van der Waals surface area contributed by atoms with E-state index in [1.807, 2.05) is 6.26 Å². The standard InChI is InChI=1S/C5H8Cl3NS/c1-10-5(8)9-4(2-6)3-7/h4H,2-3H2,1H3. The van der Waals surface area contributed by atoms with Crippen molar-refractivity contribution in [1.29, 1.82) is 0 Å². The summed E-state index contributed by atoms with van der Waals surface area (Å²) < 4.78 is 0.506. The van der Waals surface area contributed by atoms with Crippen molar-refractivity contribution >= 4 is 51.1 Å². The molecular weight excluding hydrogens is 212 g/mol. The molecule has 0 amide bonds. The van der Waals surface area contributed by atoms with Gasteiger partial charge in [-0.1, -0.05) is 23.4 Å². The maximum atomic E-state index is 5.61. The Morgan fingerprint density at radius 1 is 1.50 bits per heavy atom. The molecule has 0 fully saturated rings. The Balaban J connectivity index is 3.80. The average Bonchev–Trinajstić information content (AvgIpc) is 1.99. The van der Waals surface area contributed by atoms with Crippen LogP contribution in [0.4, 0.5) is 0 Å². The lowest BCUT2D eigenvalue weighted by Gasteiger charge is -2.02. The fourth-order valence-electron chi connectivity index (χ4n) is 0.306. The lowest BCUT2D eigenvalue weighted by atomic mass is 10.4. The number of hydrogen-bond donors (Lipinski definition) is 0. The predicted octanol–water partition coefficient (Wildman–Crippen LogP) is 2.79. The number of hydrogen-bond acceptors (Lipinski definition) is 2. The molecule has 10 heavy (non-hydrogen) atoms. The molecule has 0 N–H and O–H groups in total. The molecule has 0 aliphatic heterocycles. The summed E-state index contributed by atoms with van der Waals surface area (Å²) in [5.41, 5.74) is 0. The van der Waals surface area contributed by atoms with Crippen molar-refractivity contribution in [2.75, 3.05) is 18.0 Å². The number of halogens is 3. The highest BCUT2D eigenvalue weighted by atomic mass is 35.5. The van der Waals surface area contributed by atoms with Gasteiger partial charge in [0, 0.05) is 11.8 Å². The van der Waals surface area contributed by atoms with Crippen LogP contribution < -0.4 is 0 Å². The summed E-state index contributed by atoms with van der Waals surface area (Å²) in [6.45, 7) is 0. The van der Waals surface area contributed by atoms with Gasteiger partial charge < -0.3 is 0 Å². The molecule has 0 aromatic heterocycles. The van der Waals surface area contributed by atoms with Crippen molar-refractivity contribution < 1.29 is 0 Å². The first-order valence-corrected chi connectivity index (χ1v) is 5.31. The van der Waals surface area contributed by atoms with Crippen molar-refractivity contribution in [3.05, 3.63) is 0 Å². The van der Waals surface area contributed by atoms with E-state index >= 15 is 0 Å². The molecule has 0 bridgehead atoms. The molecule has 0 rings (SSSR count). The second kappa shape index (κ2) is 6.59. The van der Waals surface area contributed by atoms with E-state index in [9.17, 15) is 0 Å². The van der Waals surface area contributed by atoms with Gasteiger partial charge in [-0.3, -0.25) is 4.99 Å².